The molecule has 2 aliphatic heterocycles. The van der Waals surface area contributed by atoms with Crippen LogP contribution in [-0.4, -0.2) is 54.8 Å². The van der Waals surface area contributed by atoms with Crippen molar-refractivity contribution in [2.75, 3.05) is 13.2 Å². The number of hydrogen-bond donors (Lipinski definition) is 0. The van der Waals surface area contributed by atoms with Gasteiger partial charge in [0, 0.05) is 12.7 Å². The maximum Gasteiger partial charge on any atom is 0.258 e. The summed E-state index contributed by atoms with van der Waals surface area (Å²) in [7, 11) is 0. The first-order valence-electron chi connectivity index (χ1n) is 9.11. The number of pyridine rings is 2. The summed E-state index contributed by atoms with van der Waals surface area (Å²) in [5.41, 5.74) is 0.629. The third-order valence-electron chi connectivity index (χ3n) is 5.27. The number of carbonyl (C=O) groups is 1. The number of halogens is 2. The molecule has 2 atom stereocenters. The van der Waals surface area contributed by atoms with E-state index in [4.69, 9.17) is 4.74 Å². The van der Waals surface area contributed by atoms with Gasteiger partial charge in [-0.2, -0.15) is 0 Å². The van der Waals surface area contributed by atoms with E-state index < -0.39 is 23.6 Å². The van der Waals surface area contributed by atoms with E-state index >= 15 is 0 Å². The lowest BCUT2D eigenvalue weighted by atomic mass is 10.0. The average molecular weight is 398 g/mol. The van der Waals surface area contributed by atoms with Crippen molar-refractivity contribution in [2.45, 2.75) is 25.6 Å². The summed E-state index contributed by atoms with van der Waals surface area (Å²) in [6, 6.07) is 3.39. The molecule has 0 aromatic carbocycles. The number of fused-ring (bicyclic) bond motifs is 4. The van der Waals surface area contributed by atoms with E-state index in [1.807, 2.05) is 4.57 Å². The Labute approximate surface area is 164 Å². The zero-order valence-electron chi connectivity index (χ0n) is 15.4. The van der Waals surface area contributed by atoms with E-state index in [0.717, 1.165) is 6.20 Å². The van der Waals surface area contributed by atoms with Gasteiger partial charge in [-0.25, -0.2) is 13.8 Å². The number of amides is 1. The van der Waals surface area contributed by atoms with Gasteiger partial charge in [0.1, 0.15) is 17.6 Å². The molecule has 0 radical (unpaired) electrons. The summed E-state index contributed by atoms with van der Waals surface area (Å²) in [4.78, 5) is 22.8. The second kappa shape index (κ2) is 6.66. The van der Waals surface area contributed by atoms with Crippen molar-refractivity contribution in [1.82, 2.24) is 29.6 Å². The largest absolute Gasteiger partial charge is 0.377 e. The fraction of sp³-hybridized carbons (Fsp3) is 0.316. The van der Waals surface area contributed by atoms with Crippen molar-refractivity contribution in [3.63, 3.8) is 0 Å². The normalized spacial score (nSPS) is 20.4. The van der Waals surface area contributed by atoms with Gasteiger partial charge in [-0.3, -0.25) is 9.78 Å². The summed E-state index contributed by atoms with van der Waals surface area (Å²) >= 11 is 0. The van der Waals surface area contributed by atoms with Gasteiger partial charge in [0.25, 0.3) is 5.91 Å². The molecular weight excluding hydrogens is 382 g/mol. The topological polar surface area (TPSA) is 86.0 Å². The highest BCUT2D eigenvalue weighted by molar-refractivity contribution is 5.95. The van der Waals surface area contributed by atoms with E-state index in [2.05, 4.69) is 20.2 Å². The first kappa shape index (κ1) is 17.8. The molecule has 1 saturated heterocycles. The van der Waals surface area contributed by atoms with Crippen molar-refractivity contribution in [3.05, 3.63) is 59.3 Å². The zero-order valence-corrected chi connectivity index (χ0v) is 15.4. The highest BCUT2D eigenvalue weighted by atomic mass is 19.1. The number of morpholine rings is 1. The monoisotopic (exact) mass is 398 g/mol. The molecule has 8 nitrogen and oxygen atoms in total. The van der Waals surface area contributed by atoms with Crippen LogP contribution in [0.3, 0.4) is 0 Å². The molecule has 10 heteroatoms. The number of rotatable bonds is 2. The van der Waals surface area contributed by atoms with E-state index in [1.165, 1.54) is 31.3 Å². The molecule has 0 spiro atoms. The molecule has 0 aliphatic carbocycles. The second-order valence-electron chi connectivity index (χ2n) is 7.03. The molecule has 3 aromatic rings. The van der Waals surface area contributed by atoms with Crippen molar-refractivity contribution in [1.29, 1.82) is 0 Å². The van der Waals surface area contributed by atoms with Crippen LogP contribution in [0.1, 0.15) is 27.9 Å². The standard InChI is InChI=1S/C19H16F2N6O2/c1-10-16(21)13(4-5-22-10)19(28)27-12-7-26-17(14-3-2-11(20)6-23-14)24-25-18(26)15(27)9-29-8-12/h2-6,12,15H,7-9H2,1H3/t12-,15-/m1/s1. The van der Waals surface area contributed by atoms with Gasteiger partial charge in [-0.05, 0) is 25.1 Å². The number of aryl methyl sites for hydroxylation is 1. The van der Waals surface area contributed by atoms with Gasteiger partial charge in [-0.15, -0.1) is 10.2 Å². The van der Waals surface area contributed by atoms with Crippen LogP contribution in [0.4, 0.5) is 8.78 Å². The third kappa shape index (κ3) is 2.79. The number of nitrogens with zero attached hydrogens (tertiary/aromatic N) is 6. The van der Waals surface area contributed by atoms with Crippen LogP contribution in [0, 0.1) is 18.6 Å². The quantitative estimate of drug-likeness (QED) is 0.656. The van der Waals surface area contributed by atoms with Crippen LogP contribution < -0.4 is 0 Å². The summed E-state index contributed by atoms with van der Waals surface area (Å²) in [5, 5.41) is 8.45. The van der Waals surface area contributed by atoms with Gasteiger partial charge in [0.15, 0.2) is 17.5 Å². The Morgan fingerprint density at radius 1 is 1.17 bits per heavy atom. The Balaban J connectivity index is 1.55. The Morgan fingerprint density at radius 3 is 2.83 bits per heavy atom. The zero-order chi connectivity index (χ0) is 20.1. The predicted molar refractivity (Wildman–Crippen MR) is 95.7 cm³/mol. The van der Waals surface area contributed by atoms with Crippen molar-refractivity contribution >= 4 is 5.91 Å². The van der Waals surface area contributed by atoms with E-state index in [9.17, 15) is 13.6 Å². The second-order valence-corrected chi connectivity index (χ2v) is 7.03. The Morgan fingerprint density at radius 2 is 2.03 bits per heavy atom. The van der Waals surface area contributed by atoms with Crippen LogP contribution in [0.2, 0.25) is 0 Å². The lowest BCUT2D eigenvalue weighted by Gasteiger charge is -2.45. The molecule has 3 aromatic heterocycles. The average Bonchev–Trinajstić information content (AvgIpc) is 3.13. The van der Waals surface area contributed by atoms with Gasteiger partial charge in [-0.1, -0.05) is 0 Å². The van der Waals surface area contributed by atoms with Gasteiger partial charge >= 0.3 is 0 Å². The van der Waals surface area contributed by atoms with E-state index in [-0.39, 0.29) is 23.9 Å². The highest BCUT2D eigenvalue weighted by Gasteiger charge is 2.44. The Kier molecular flexibility index (Phi) is 4.09. The van der Waals surface area contributed by atoms with Gasteiger partial charge in [0.2, 0.25) is 0 Å². The molecule has 5 rings (SSSR count). The first-order chi connectivity index (χ1) is 14.0. The minimum Gasteiger partial charge on any atom is -0.377 e. The maximum atomic E-state index is 14.5. The minimum absolute atomic E-state index is 0.0252. The first-order valence-corrected chi connectivity index (χ1v) is 9.11. The number of carbonyl (C=O) groups excluding carboxylic acids is 1. The molecule has 29 heavy (non-hydrogen) atoms. The van der Waals surface area contributed by atoms with Crippen LogP contribution in [-0.2, 0) is 11.3 Å². The van der Waals surface area contributed by atoms with E-state index in [1.54, 1.807) is 4.90 Å². The summed E-state index contributed by atoms with van der Waals surface area (Å²) < 4.78 is 35.3. The minimum atomic E-state index is -0.625. The predicted octanol–water partition coefficient (Wildman–Crippen LogP) is 1.92. The Hall–Kier alpha value is -3.27. The fourth-order valence-corrected chi connectivity index (χ4v) is 3.88. The molecule has 0 unspecified atom stereocenters. The fourth-order valence-electron chi connectivity index (χ4n) is 3.88. The smallest absolute Gasteiger partial charge is 0.258 e. The third-order valence-corrected chi connectivity index (χ3v) is 5.27. The summed E-state index contributed by atoms with van der Waals surface area (Å²) in [5.74, 6) is -0.470. The van der Waals surface area contributed by atoms with Crippen LogP contribution in [0.25, 0.3) is 11.5 Å². The van der Waals surface area contributed by atoms with E-state index in [0.29, 0.717) is 30.5 Å². The van der Waals surface area contributed by atoms with Crippen molar-refractivity contribution in [3.8, 4) is 11.5 Å². The van der Waals surface area contributed by atoms with Crippen LogP contribution in [0.15, 0.2) is 30.6 Å². The van der Waals surface area contributed by atoms with Gasteiger partial charge < -0.3 is 14.2 Å². The molecule has 148 valence electrons. The molecule has 1 amide bonds. The lowest BCUT2D eigenvalue weighted by Crippen LogP contribution is -2.56. The summed E-state index contributed by atoms with van der Waals surface area (Å²) in [6.45, 7) is 2.42. The molecule has 2 bridgehead atoms. The summed E-state index contributed by atoms with van der Waals surface area (Å²) in [6.07, 6.45) is 2.54. The van der Waals surface area contributed by atoms with Crippen molar-refractivity contribution < 1.29 is 18.3 Å². The van der Waals surface area contributed by atoms with Crippen LogP contribution >= 0.6 is 0 Å². The SMILES string of the molecule is Cc1nccc(C(=O)N2[C@H]3COC[C@@H]2c2nnc(-c4ccc(F)cn4)n2C3)c1F. The molecule has 2 aliphatic rings. The van der Waals surface area contributed by atoms with Crippen molar-refractivity contribution in [2.24, 2.45) is 0 Å². The molecular formula is C19H16F2N6O2. The molecule has 0 N–H and O–H groups in total. The molecule has 1 fully saturated rings. The maximum absolute atomic E-state index is 14.5. The highest BCUT2D eigenvalue weighted by Crippen LogP contribution is 2.35. The number of hydrogen-bond acceptors (Lipinski definition) is 6. The Bertz CT molecular complexity index is 1100. The number of ether oxygens (including phenoxy) is 1. The number of aromatic nitrogens is 5. The lowest BCUT2D eigenvalue weighted by molar-refractivity contribution is -0.0571. The molecule has 0 saturated carbocycles. The van der Waals surface area contributed by atoms with Gasteiger partial charge in [0.05, 0.1) is 36.7 Å². The van der Waals surface area contributed by atoms with Crippen LogP contribution in [0.5, 0.6) is 0 Å². The molecule has 5 heterocycles.